The molecule has 1 saturated heterocycles. The molecule has 2 unspecified atom stereocenters. The van der Waals surface area contributed by atoms with E-state index in [0.29, 0.717) is 33.9 Å². The average Bonchev–Trinajstić information content (AvgIpc) is 3.41. The van der Waals surface area contributed by atoms with Crippen molar-refractivity contribution in [1.29, 1.82) is 0 Å². The summed E-state index contributed by atoms with van der Waals surface area (Å²) in [5.41, 5.74) is 2.65. The van der Waals surface area contributed by atoms with E-state index in [1.807, 2.05) is 6.07 Å². The monoisotopic (exact) mass is 538 g/mol. The number of anilines is 1. The Labute approximate surface area is 223 Å². The summed E-state index contributed by atoms with van der Waals surface area (Å²) < 4.78 is 12.8. The molecule has 5 rings (SSSR count). The minimum atomic E-state index is -0.538. The Morgan fingerprint density at radius 3 is 2.82 bits per heavy atom. The zero-order valence-corrected chi connectivity index (χ0v) is 22.4. The molecule has 0 bridgehead atoms. The molecule has 2 aliphatic rings. The lowest BCUT2D eigenvalue weighted by atomic mass is 9.86. The van der Waals surface area contributed by atoms with E-state index in [0.717, 1.165) is 35.1 Å². The summed E-state index contributed by atoms with van der Waals surface area (Å²) in [6.45, 7) is 3.83. The summed E-state index contributed by atoms with van der Waals surface area (Å²) in [7, 11) is 1.74. The predicted molar refractivity (Wildman–Crippen MR) is 142 cm³/mol. The van der Waals surface area contributed by atoms with Gasteiger partial charge >= 0.3 is 5.97 Å². The van der Waals surface area contributed by atoms with Crippen LogP contribution in [0.15, 0.2) is 18.2 Å². The van der Waals surface area contributed by atoms with Gasteiger partial charge in [-0.3, -0.25) is 24.4 Å². The predicted octanol–water partition coefficient (Wildman–Crippen LogP) is 3.79. The summed E-state index contributed by atoms with van der Waals surface area (Å²) in [5.74, 6) is -1.34. The fourth-order valence-corrected chi connectivity index (χ4v) is 6.73. The van der Waals surface area contributed by atoms with Crippen molar-refractivity contribution in [3.8, 4) is 5.75 Å². The van der Waals surface area contributed by atoms with Crippen LogP contribution in [-0.2, 0) is 32.6 Å². The van der Waals surface area contributed by atoms with Crippen LogP contribution in [0.1, 0.15) is 77.9 Å². The fourth-order valence-electron chi connectivity index (χ4n) is 5.37. The first-order valence-electron chi connectivity index (χ1n) is 12.8. The van der Waals surface area contributed by atoms with Gasteiger partial charge in [0, 0.05) is 23.7 Å². The van der Waals surface area contributed by atoms with Crippen molar-refractivity contribution in [2.75, 3.05) is 18.5 Å². The maximum Gasteiger partial charge on any atom is 0.341 e. The Morgan fingerprint density at radius 2 is 2.05 bits per heavy atom. The lowest BCUT2D eigenvalue weighted by molar-refractivity contribution is -0.134. The molecule has 0 spiro atoms. The third-order valence-electron chi connectivity index (χ3n) is 7.07. The molecule has 2 aromatic heterocycles. The number of fused-ring (bicyclic) bond motifs is 2. The van der Waals surface area contributed by atoms with E-state index >= 15 is 0 Å². The van der Waals surface area contributed by atoms with Crippen molar-refractivity contribution in [2.24, 2.45) is 7.05 Å². The number of hydrogen-bond acceptors (Lipinski definition) is 8. The largest absolute Gasteiger partial charge is 0.481 e. The summed E-state index contributed by atoms with van der Waals surface area (Å²) in [6, 6.07) is 5.36. The molecule has 0 radical (unpaired) electrons. The summed E-state index contributed by atoms with van der Waals surface area (Å²) in [4.78, 5) is 50.9. The van der Waals surface area contributed by atoms with Gasteiger partial charge < -0.3 is 14.8 Å². The van der Waals surface area contributed by atoms with Crippen LogP contribution in [0.4, 0.5) is 5.00 Å². The lowest BCUT2D eigenvalue weighted by Gasteiger charge is -2.19. The maximum absolute atomic E-state index is 13.0. The number of amides is 3. The van der Waals surface area contributed by atoms with E-state index in [4.69, 9.17) is 9.47 Å². The molecule has 10 nitrogen and oxygen atoms in total. The zero-order valence-electron chi connectivity index (χ0n) is 21.6. The third-order valence-corrected chi connectivity index (χ3v) is 8.25. The summed E-state index contributed by atoms with van der Waals surface area (Å²) in [6.07, 6.45) is 3.55. The van der Waals surface area contributed by atoms with Crippen LogP contribution in [0.3, 0.4) is 0 Å². The van der Waals surface area contributed by atoms with E-state index < -0.39 is 17.8 Å². The first-order valence-corrected chi connectivity index (χ1v) is 13.6. The molecule has 1 aliphatic carbocycles. The number of benzene rings is 1. The first-order chi connectivity index (χ1) is 18.3. The minimum absolute atomic E-state index is 0.220. The highest BCUT2D eigenvalue weighted by Crippen LogP contribution is 2.44. The van der Waals surface area contributed by atoms with Crippen molar-refractivity contribution in [3.63, 3.8) is 0 Å². The summed E-state index contributed by atoms with van der Waals surface area (Å²) >= 11 is 1.43. The van der Waals surface area contributed by atoms with Gasteiger partial charge in [-0.1, -0.05) is 19.1 Å². The van der Waals surface area contributed by atoms with Gasteiger partial charge in [0.05, 0.1) is 23.8 Å². The number of aryl methyl sites for hydroxylation is 2. The molecule has 0 saturated carbocycles. The molecule has 3 heterocycles. The average molecular weight is 539 g/mol. The van der Waals surface area contributed by atoms with Gasteiger partial charge in [0.25, 0.3) is 5.91 Å². The van der Waals surface area contributed by atoms with E-state index in [9.17, 15) is 19.2 Å². The number of rotatable bonds is 7. The molecule has 1 aliphatic heterocycles. The second kappa shape index (κ2) is 10.6. The third kappa shape index (κ3) is 4.78. The molecule has 2 N–H and O–H groups in total. The number of imide groups is 1. The van der Waals surface area contributed by atoms with Crippen LogP contribution >= 0.6 is 11.3 Å². The second-order valence-corrected chi connectivity index (χ2v) is 10.8. The van der Waals surface area contributed by atoms with Crippen molar-refractivity contribution in [1.82, 2.24) is 15.1 Å². The van der Waals surface area contributed by atoms with Gasteiger partial charge in [0.2, 0.25) is 11.8 Å². The highest BCUT2D eigenvalue weighted by atomic mass is 32.1. The quantitative estimate of drug-likeness (QED) is 0.346. The van der Waals surface area contributed by atoms with Crippen LogP contribution in [0.25, 0.3) is 10.9 Å². The SMILES string of the molecule is CCOC(=O)c1c(NC(=O)COc2cccc3c(C4CCC(=O)NC4=O)nn(C)c23)sc2c1C(C)CCC2. The lowest BCUT2D eigenvalue weighted by Crippen LogP contribution is -2.39. The Hall–Kier alpha value is -3.73. The second-order valence-electron chi connectivity index (χ2n) is 9.66. The first kappa shape index (κ1) is 25.9. The van der Waals surface area contributed by atoms with Crippen LogP contribution in [0.5, 0.6) is 5.75 Å². The molecule has 2 atom stereocenters. The van der Waals surface area contributed by atoms with Gasteiger partial charge in [-0.15, -0.1) is 11.3 Å². The topological polar surface area (TPSA) is 129 Å². The molecule has 38 heavy (non-hydrogen) atoms. The Morgan fingerprint density at radius 1 is 1.24 bits per heavy atom. The van der Waals surface area contributed by atoms with Gasteiger partial charge in [-0.25, -0.2) is 4.79 Å². The minimum Gasteiger partial charge on any atom is -0.481 e. The van der Waals surface area contributed by atoms with E-state index in [1.54, 1.807) is 30.8 Å². The zero-order chi connectivity index (χ0) is 27.0. The van der Waals surface area contributed by atoms with Crippen LogP contribution in [0.2, 0.25) is 0 Å². The van der Waals surface area contributed by atoms with Gasteiger partial charge in [-0.05, 0) is 50.2 Å². The highest BCUT2D eigenvalue weighted by molar-refractivity contribution is 7.17. The van der Waals surface area contributed by atoms with Crippen molar-refractivity contribution in [2.45, 2.75) is 57.8 Å². The van der Waals surface area contributed by atoms with Gasteiger partial charge in [0.15, 0.2) is 6.61 Å². The molecule has 1 fully saturated rings. The Bertz CT molecular complexity index is 1440. The van der Waals surface area contributed by atoms with Crippen molar-refractivity contribution in [3.05, 3.63) is 39.9 Å². The van der Waals surface area contributed by atoms with Crippen LogP contribution in [-0.4, -0.2) is 46.7 Å². The highest BCUT2D eigenvalue weighted by Gasteiger charge is 2.33. The number of aromatic nitrogens is 2. The number of para-hydroxylation sites is 1. The number of carbonyl (C=O) groups is 4. The van der Waals surface area contributed by atoms with E-state index in [2.05, 4.69) is 22.7 Å². The van der Waals surface area contributed by atoms with Crippen molar-refractivity contribution >= 4 is 50.9 Å². The van der Waals surface area contributed by atoms with Gasteiger partial charge in [0.1, 0.15) is 16.3 Å². The Balaban J connectivity index is 1.36. The van der Waals surface area contributed by atoms with Gasteiger partial charge in [-0.2, -0.15) is 5.10 Å². The molecule has 3 amide bonds. The maximum atomic E-state index is 13.0. The molecular weight excluding hydrogens is 508 g/mol. The normalized spacial score (nSPS) is 19.1. The Kier molecular flexibility index (Phi) is 7.20. The number of hydrogen-bond donors (Lipinski definition) is 2. The van der Waals surface area contributed by atoms with E-state index in [-0.39, 0.29) is 37.4 Å². The number of esters is 1. The van der Waals surface area contributed by atoms with Crippen LogP contribution < -0.4 is 15.4 Å². The smallest absolute Gasteiger partial charge is 0.341 e. The summed E-state index contributed by atoms with van der Waals surface area (Å²) in [5, 5.41) is 11.0. The molecule has 200 valence electrons. The fraction of sp³-hybridized carbons (Fsp3) is 0.444. The molecule has 11 heteroatoms. The van der Waals surface area contributed by atoms with E-state index in [1.165, 1.54) is 11.3 Å². The number of ether oxygens (including phenoxy) is 2. The number of thiophene rings is 1. The van der Waals surface area contributed by atoms with Crippen LogP contribution in [0, 0.1) is 0 Å². The number of piperidine rings is 1. The number of nitrogens with zero attached hydrogens (tertiary/aromatic N) is 2. The molecule has 1 aromatic carbocycles. The molecule has 3 aromatic rings. The van der Waals surface area contributed by atoms with Crippen molar-refractivity contribution < 1.29 is 28.7 Å². The number of nitrogens with one attached hydrogen (secondary N) is 2. The molecular formula is C27H30N4O6S. The number of carbonyl (C=O) groups excluding carboxylic acids is 4. The standard InChI is InChI=1S/C27H30N4O6S/c1-4-36-27(35)22-21-14(2)7-5-10-18(21)38-26(22)29-20(33)13-37-17-9-6-8-15-23(30-31(3)24(15)17)16-11-12-19(32)28-25(16)34/h6,8-9,14,16H,4-5,7,10-13H2,1-3H3,(H,29,33)(H,28,32,34).